The second kappa shape index (κ2) is 11.4. The van der Waals surface area contributed by atoms with E-state index in [4.69, 9.17) is 4.74 Å². The molecule has 10 heteroatoms. The van der Waals surface area contributed by atoms with Crippen molar-refractivity contribution in [2.24, 2.45) is 0 Å². The van der Waals surface area contributed by atoms with E-state index in [1.165, 1.54) is 0 Å². The summed E-state index contributed by atoms with van der Waals surface area (Å²) < 4.78 is 45.8. The van der Waals surface area contributed by atoms with Crippen molar-refractivity contribution in [2.45, 2.75) is 50.8 Å². The van der Waals surface area contributed by atoms with Crippen LogP contribution in [0.25, 0.3) is 5.57 Å². The van der Waals surface area contributed by atoms with E-state index in [0.29, 0.717) is 31.9 Å². The molecule has 1 saturated heterocycles. The summed E-state index contributed by atoms with van der Waals surface area (Å²) in [5, 5.41) is 22.8. The number of amides is 1. The number of fused-ring (bicyclic) bond motifs is 2. The van der Waals surface area contributed by atoms with E-state index in [1.807, 2.05) is 24.3 Å². The molecule has 2 heterocycles. The molecular formula is C27H29F3N2O5. The molecule has 0 unspecified atom stereocenters. The number of ether oxygens (including phenoxy) is 1. The predicted molar refractivity (Wildman–Crippen MR) is 129 cm³/mol. The monoisotopic (exact) mass is 518 g/mol. The summed E-state index contributed by atoms with van der Waals surface area (Å²) in [6.45, 7) is 2.19. The van der Waals surface area contributed by atoms with Crippen LogP contribution in [-0.4, -0.2) is 64.9 Å². The molecule has 37 heavy (non-hydrogen) atoms. The summed E-state index contributed by atoms with van der Waals surface area (Å²) in [6.07, 6.45) is 0.644. The molecule has 0 aromatic heterocycles. The number of piperazine rings is 1. The summed E-state index contributed by atoms with van der Waals surface area (Å²) in [5.74, 6) is -5.47. The second-order valence-corrected chi connectivity index (χ2v) is 9.49. The summed E-state index contributed by atoms with van der Waals surface area (Å²) in [7, 11) is 0. The Balaban J connectivity index is 1.41. The van der Waals surface area contributed by atoms with Gasteiger partial charge in [0.15, 0.2) is 17.4 Å². The normalized spacial score (nSPS) is 20.1. The maximum absolute atomic E-state index is 13.7. The maximum Gasteiger partial charge on any atom is 0.333 e. The van der Waals surface area contributed by atoms with E-state index in [-0.39, 0.29) is 37.1 Å². The number of aryl methyl sites for hydroxylation is 1. The highest BCUT2D eigenvalue weighted by Crippen LogP contribution is 2.33. The third kappa shape index (κ3) is 6.14. The highest BCUT2D eigenvalue weighted by Gasteiger charge is 2.39. The molecule has 4 rings (SSSR count). The van der Waals surface area contributed by atoms with Crippen LogP contribution in [0, 0.1) is 17.5 Å². The van der Waals surface area contributed by atoms with E-state index in [2.05, 4.69) is 5.32 Å². The number of aliphatic carboxylic acids is 1. The molecule has 2 aliphatic heterocycles. The highest BCUT2D eigenvalue weighted by atomic mass is 19.2. The Morgan fingerprint density at radius 3 is 2.49 bits per heavy atom. The molecule has 7 nitrogen and oxygen atoms in total. The van der Waals surface area contributed by atoms with Crippen LogP contribution in [0.1, 0.15) is 37.3 Å². The molecule has 0 saturated carbocycles. The Kier molecular flexibility index (Phi) is 8.19. The van der Waals surface area contributed by atoms with Crippen LogP contribution in [0.2, 0.25) is 0 Å². The molecule has 2 aromatic rings. The zero-order valence-electron chi connectivity index (χ0n) is 20.3. The van der Waals surface area contributed by atoms with Gasteiger partial charge in [0.1, 0.15) is 0 Å². The first-order chi connectivity index (χ1) is 17.6. The minimum absolute atomic E-state index is 0.00294. The molecule has 2 bridgehead atoms. The molecular weight excluding hydrogens is 489 g/mol. The number of hydrogen-bond donors (Lipinski definition) is 3. The van der Waals surface area contributed by atoms with Gasteiger partial charge in [-0.1, -0.05) is 24.3 Å². The minimum atomic E-state index is -1.35. The Morgan fingerprint density at radius 2 is 1.81 bits per heavy atom. The van der Waals surface area contributed by atoms with Crippen LogP contribution >= 0.6 is 0 Å². The fourth-order valence-corrected chi connectivity index (χ4v) is 4.92. The van der Waals surface area contributed by atoms with E-state index in [1.54, 1.807) is 11.8 Å². The van der Waals surface area contributed by atoms with Gasteiger partial charge in [-0.05, 0) is 55.0 Å². The molecule has 3 N–H and O–H groups in total. The molecule has 1 fully saturated rings. The van der Waals surface area contributed by atoms with Gasteiger partial charge in [-0.3, -0.25) is 4.79 Å². The van der Waals surface area contributed by atoms with E-state index < -0.39 is 41.3 Å². The molecule has 3 atom stereocenters. The first kappa shape index (κ1) is 26.7. The number of rotatable bonds is 9. The summed E-state index contributed by atoms with van der Waals surface area (Å²) in [6, 6.07) is 8.31. The zero-order valence-corrected chi connectivity index (χ0v) is 20.3. The van der Waals surface area contributed by atoms with Crippen molar-refractivity contribution in [1.29, 1.82) is 0 Å². The quantitative estimate of drug-likeness (QED) is 0.348. The van der Waals surface area contributed by atoms with E-state index in [0.717, 1.165) is 22.8 Å². The Labute approximate surface area is 212 Å². The van der Waals surface area contributed by atoms with Gasteiger partial charge in [-0.25, -0.2) is 13.6 Å². The molecule has 2 aliphatic rings. The second-order valence-electron chi connectivity index (χ2n) is 9.49. The summed E-state index contributed by atoms with van der Waals surface area (Å²) >= 11 is 0. The van der Waals surface area contributed by atoms with Crippen molar-refractivity contribution in [3.05, 3.63) is 70.5 Å². The fourth-order valence-electron chi connectivity index (χ4n) is 4.92. The van der Waals surface area contributed by atoms with Gasteiger partial charge in [0.25, 0.3) is 0 Å². The number of carbonyl (C=O) groups is 2. The predicted octanol–water partition coefficient (Wildman–Crippen LogP) is 3.30. The van der Waals surface area contributed by atoms with Crippen LogP contribution < -0.4 is 10.1 Å². The smallest absolute Gasteiger partial charge is 0.333 e. The lowest BCUT2D eigenvalue weighted by atomic mass is 9.83. The summed E-state index contributed by atoms with van der Waals surface area (Å²) in [5.41, 5.74) is 2.65. The van der Waals surface area contributed by atoms with Crippen molar-refractivity contribution < 1.29 is 37.7 Å². The average Bonchev–Trinajstić information content (AvgIpc) is 2.85. The SMILES string of the molecule is C[C@@H](O)CC(=O)N1C[C@@H]2CC(c3ccc(CCCOc4c(F)ccc(F)c4F)cc3)=C(C(=O)O)[C@H](C1)N2. The number of hydrogen-bond acceptors (Lipinski definition) is 5. The number of nitrogens with one attached hydrogen (secondary N) is 1. The number of nitrogens with zero attached hydrogens (tertiary/aromatic N) is 1. The topological polar surface area (TPSA) is 99.1 Å². The lowest BCUT2D eigenvalue weighted by Crippen LogP contribution is -2.61. The first-order valence-electron chi connectivity index (χ1n) is 12.2. The largest absolute Gasteiger partial charge is 0.488 e. The molecule has 0 spiro atoms. The Morgan fingerprint density at radius 1 is 1.11 bits per heavy atom. The van der Waals surface area contributed by atoms with Crippen molar-refractivity contribution >= 4 is 17.4 Å². The number of halogens is 3. The highest BCUT2D eigenvalue weighted by molar-refractivity contribution is 5.98. The van der Waals surface area contributed by atoms with Crippen LogP contribution in [-0.2, 0) is 16.0 Å². The minimum Gasteiger partial charge on any atom is -0.488 e. The molecule has 2 aromatic carbocycles. The van der Waals surface area contributed by atoms with Crippen LogP contribution in [0.5, 0.6) is 5.75 Å². The third-order valence-electron chi connectivity index (χ3n) is 6.62. The van der Waals surface area contributed by atoms with Gasteiger partial charge >= 0.3 is 5.97 Å². The van der Waals surface area contributed by atoms with Crippen molar-refractivity contribution in [2.75, 3.05) is 19.7 Å². The summed E-state index contributed by atoms with van der Waals surface area (Å²) in [4.78, 5) is 26.3. The number of carbonyl (C=O) groups excluding carboxylic acids is 1. The number of aliphatic hydroxyl groups excluding tert-OH is 1. The molecule has 1 amide bonds. The van der Waals surface area contributed by atoms with Gasteiger partial charge < -0.3 is 25.2 Å². The number of carboxylic acids is 1. The van der Waals surface area contributed by atoms with Crippen molar-refractivity contribution in [1.82, 2.24) is 10.2 Å². The first-order valence-corrected chi connectivity index (χ1v) is 12.2. The average molecular weight is 519 g/mol. The number of carboxylic acid groups (broad SMARTS) is 1. The van der Waals surface area contributed by atoms with Gasteiger partial charge in [0.05, 0.1) is 30.7 Å². The van der Waals surface area contributed by atoms with E-state index in [9.17, 15) is 33.0 Å². The van der Waals surface area contributed by atoms with Crippen molar-refractivity contribution in [3.63, 3.8) is 0 Å². The zero-order chi connectivity index (χ0) is 26.7. The standard InChI is InChI=1S/C27H29F3N2O5/c1-15(33)11-23(34)32-13-18-12-19(24(27(35)36)22(14-32)31-18)17-6-4-16(5-7-17)3-2-10-37-26-21(29)9-8-20(28)25(26)30/h4-9,15,18,22,31,33H,2-3,10-14H2,1H3,(H,35,36)/t15-,18+,22+/m1/s1. The number of aliphatic hydroxyl groups is 1. The molecule has 198 valence electrons. The van der Waals surface area contributed by atoms with Crippen molar-refractivity contribution in [3.8, 4) is 5.75 Å². The van der Waals surface area contributed by atoms with Crippen LogP contribution in [0.4, 0.5) is 13.2 Å². The molecule has 0 radical (unpaired) electrons. The van der Waals surface area contributed by atoms with Gasteiger partial charge in [0.2, 0.25) is 11.7 Å². The van der Waals surface area contributed by atoms with Gasteiger partial charge in [0, 0.05) is 19.1 Å². The van der Waals surface area contributed by atoms with E-state index >= 15 is 0 Å². The Bertz CT molecular complexity index is 1200. The van der Waals surface area contributed by atoms with Crippen LogP contribution in [0.15, 0.2) is 42.0 Å². The van der Waals surface area contributed by atoms with Crippen LogP contribution in [0.3, 0.4) is 0 Å². The maximum atomic E-state index is 13.7. The van der Waals surface area contributed by atoms with Gasteiger partial charge in [-0.2, -0.15) is 4.39 Å². The lowest BCUT2D eigenvalue weighted by Gasteiger charge is -2.43. The number of benzene rings is 2. The fraction of sp³-hybridized carbons (Fsp3) is 0.407. The third-order valence-corrected chi connectivity index (χ3v) is 6.62. The lowest BCUT2D eigenvalue weighted by molar-refractivity contribution is -0.137. The Hall–Kier alpha value is -3.37. The molecule has 0 aliphatic carbocycles. The van der Waals surface area contributed by atoms with Gasteiger partial charge in [-0.15, -0.1) is 0 Å².